The Morgan fingerprint density at radius 3 is 2.50 bits per heavy atom. The highest BCUT2D eigenvalue weighted by molar-refractivity contribution is 9.11. The van der Waals surface area contributed by atoms with Crippen LogP contribution in [0.5, 0.6) is 0 Å². The van der Waals surface area contributed by atoms with E-state index >= 15 is 0 Å². The zero-order valence-corrected chi connectivity index (χ0v) is 11.4. The number of hydrogen-bond donors (Lipinski definition) is 1. The molecule has 0 bridgehead atoms. The summed E-state index contributed by atoms with van der Waals surface area (Å²) in [6.07, 6.45) is 0. The molecular weight excluding hydrogens is 357 g/mol. The number of benzene rings is 1. The largest absolute Gasteiger partial charge is 0.323 e. The molecule has 6 heteroatoms. The molecule has 1 aromatic carbocycles. The lowest BCUT2D eigenvalue weighted by Crippen LogP contribution is -2.18. The van der Waals surface area contributed by atoms with Gasteiger partial charge in [-0.3, -0.25) is 4.79 Å². The fourth-order valence-corrected chi connectivity index (χ4v) is 2.03. The molecule has 1 aromatic rings. The van der Waals surface area contributed by atoms with Gasteiger partial charge in [0.15, 0.2) is 4.84 Å². The highest BCUT2D eigenvalue weighted by atomic mass is 79.9. The first kappa shape index (κ1) is 12.3. The number of carbonyl (C=O) groups is 1. The van der Waals surface area contributed by atoms with Crippen LogP contribution >= 0.6 is 55.1 Å². The van der Waals surface area contributed by atoms with Crippen LogP contribution in [0.4, 0.5) is 5.69 Å². The summed E-state index contributed by atoms with van der Waals surface area (Å²) in [7, 11) is 0. The minimum atomic E-state index is -1.06. The Hall–Kier alpha value is 0.230. The number of anilines is 1. The number of alkyl halides is 2. The average molecular weight is 362 g/mol. The lowest BCUT2D eigenvalue weighted by molar-refractivity contribution is -0.114. The van der Waals surface area contributed by atoms with Crippen molar-refractivity contribution in [2.45, 2.75) is 4.84 Å². The van der Waals surface area contributed by atoms with E-state index < -0.39 is 10.7 Å². The lowest BCUT2D eigenvalue weighted by atomic mass is 10.3. The number of carbonyl (C=O) groups excluding carboxylic acids is 1. The predicted octanol–water partition coefficient (Wildman–Crippen LogP) is 3.95. The Bertz CT molecular complexity index is 357. The van der Waals surface area contributed by atoms with Crippen molar-refractivity contribution in [2.75, 3.05) is 5.32 Å². The van der Waals surface area contributed by atoms with E-state index in [4.69, 9.17) is 23.2 Å². The van der Waals surface area contributed by atoms with Crippen molar-refractivity contribution in [3.05, 3.63) is 27.1 Å². The van der Waals surface area contributed by atoms with Gasteiger partial charge in [0.05, 0.1) is 5.69 Å². The quantitative estimate of drug-likeness (QED) is 0.794. The number of nitrogens with one attached hydrogen (secondary N) is 1. The Morgan fingerprint density at radius 2 is 2.00 bits per heavy atom. The molecule has 14 heavy (non-hydrogen) atoms. The monoisotopic (exact) mass is 359 g/mol. The molecule has 0 aliphatic rings. The van der Waals surface area contributed by atoms with Gasteiger partial charge in [-0.1, -0.05) is 39.1 Å². The van der Waals surface area contributed by atoms with Gasteiger partial charge in [0.1, 0.15) is 0 Å². The second-order valence-electron chi connectivity index (χ2n) is 2.41. The van der Waals surface area contributed by atoms with Crippen LogP contribution in [0.1, 0.15) is 0 Å². The third-order valence-corrected chi connectivity index (χ3v) is 2.93. The van der Waals surface area contributed by atoms with Crippen LogP contribution in [0.3, 0.4) is 0 Å². The van der Waals surface area contributed by atoms with Crippen molar-refractivity contribution in [1.82, 2.24) is 0 Å². The normalized spacial score (nSPS) is 10.4. The first-order valence-corrected chi connectivity index (χ1v) is 6.00. The predicted molar refractivity (Wildman–Crippen MR) is 66.0 cm³/mol. The second kappa shape index (κ2) is 5.35. The second-order valence-corrected chi connectivity index (χ2v) is 5.28. The standard InChI is InChI=1S/C8H5Br2Cl2NO/c9-4-1-2-6(5(10)3-4)13-8(14)7(11)12/h1-3,7H,(H,13,14). The highest BCUT2D eigenvalue weighted by Gasteiger charge is 2.12. The zero-order chi connectivity index (χ0) is 10.7. The molecule has 1 N–H and O–H groups in total. The first-order valence-electron chi connectivity index (χ1n) is 3.55. The molecule has 0 saturated carbocycles. The zero-order valence-electron chi connectivity index (χ0n) is 6.73. The molecule has 0 radical (unpaired) electrons. The topological polar surface area (TPSA) is 29.1 Å². The Morgan fingerprint density at radius 1 is 1.36 bits per heavy atom. The van der Waals surface area contributed by atoms with Gasteiger partial charge in [0.2, 0.25) is 0 Å². The Kier molecular flexibility index (Phi) is 4.70. The molecule has 0 spiro atoms. The fraction of sp³-hybridized carbons (Fsp3) is 0.125. The average Bonchev–Trinajstić information content (AvgIpc) is 2.09. The van der Waals surface area contributed by atoms with Crippen molar-refractivity contribution in [3.8, 4) is 0 Å². The third-order valence-electron chi connectivity index (χ3n) is 1.39. The number of amides is 1. The third kappa shape index (κ3) is 3.42. The van der Waals surface area contributed by atoms with Crippen LogP contribution in [-0.4, -0.2) is 10.7 Å². The fourth-order valence-electron chi connectivity index (χ4n) is 0.778. The van der Waals surface area contributed by atoms with E-state index in [1.165, 1.54) is 0 Å². The summed E-state index contributed by atoms with van der Waals surface area (Å²) in [4.78, 5) is 10.1. The summed E-state index contributed by atoms with van der Waals surface area (Å²) < 4.78 is 1.67. The molecule has 0 heterocycles. The summed E-state index contributed by atoms with van der Waals surface area (Å²) in [6, 6.07) is 5.35. The van der Waals surface area contributed by atoms with E-state index in [0.717, 1.165) is 8.95 Å². The maximum atomic E-state index is 11.1. The molecule has 0 unspecified atom stereocenters. The van der Waals surface area contributed by atoms with Gasteiger partial charge in [-0.25, -0.2) is 0 Å². The van der Waals surface area contributed by atoms with Crippen LogP contribution in [0.2, 0.25) is 0 Å². The summed E-state index contributed by atoms with van der Waals surface area (Å²) in [5.74, 6) is -0.448. The summed E-state index contributed by atoms with van der Waals surface area (Å²) in [6.45, 7) is 0. The molecule has 0 aliphatic carbocycles. The lowest BCUT2D eigenvalue weighted by Gasteiger charge is -2.07. The molecule has 1 amide bonds. The van der Waals surface area contributed by atoms with Crippen molar-refractivity contribution < 1.29 is 4.79 Å². The molecule has 0 aromatic heterocycles. The molecule has 76 valence electrons. The maximum absolute atomic E-state index is 11.1. The van der Waals surface area contributed by atoms with Crippen LogP contribution < -0.4 is 5.32 Å². The van der Waals surface area contributed by atoms with Gasteiger partial charge < -0.3 is 5.32 Å². The van der Waals surface area contributed by atoms with E-state index in [-0.39, 0.29) is 0 Å². The molecular formula is C8H5Br2Cl2NO. The van der Waals surface area contributed by atoms with E-state index in [9.17, 15) is 4.79 Å². The minimum absolute atomic E-state index is 0.448. The van der Waals surface area contributed by atoms with Gasteiger partial charge >= 0.3 is 0 Å². The number of hydrogen-bond acceptors (Lipinski definition) is 1. The van der Waals surface area contributed by atoms with Crippen LogP contribution in [0.25, 0.3) is 0 Å². The van der Waals surface area contributed by atoms with Gasteiger partial charge in [-0.05, 0) is 34.1 Å². The summed E-state index contributed by atoms with van der Waals surface area (Å²) >= 11 is 17.4. The van der Waals surface area contributed by atoms with E-state index in [1.807, 2.05) is 6.07 Å². The number of rotatable bonds is 2. The minimum Gasteiger partial charge on any atom is -0.323 e. The van der Waals surface area contributed by atoms with Gasteiger partial charge in [-0.2, -0.15) is 0 Å². The highest BCUT2D eigenvalue weighted by Crippen LogP contribution is 2.26. The molecule has 0 saturated heterocycles. The SMILES string of the molecule is O=C(Nc1ccc(Br)cc1Br)C(Cl)Cl. The Balaban J connectivity index is 2.82. The molecule has 2 nitrogen and oxygen atoms in total. The van der Waals surface area contributed by atoms with Crippen LogP contribution in [0.15, 0.2) is 27.1 Å². The van der Waals surface area contributed by atoms with Gasteiger partial charge in [0, 0.05) is 8.95 Å². The molecule has 0 aliphatic heterocycles. The number of halogens is 4. The van der Waals surface area contributed by atoms with Crippen LogP contribution in [0, 0.1) is 0 Å². The van der Waals surface area contributed by atoms with Crippen molar-refractivity contribution in [3.63, 3.8) is 0 Å². The van der Waals surface area contributed by atoms with Gasteiger partial charge in [0.25, 0.3) is 5.91 Å². The van der Waals surface area contributed by atoms with Crippen molar-refractivity contribution in [2.24, 2.45) is 0 Å². The van der Waals surface area contributed by atoms with Crippen LogP contribution in [-0.2, 0) is 4.79 Å². The molecule has 0 fully saturated rings. The van der Waals surface area contributed by atoms with E-state index in [1.54, 1.807) is 12.1 Å². The van der Waals surface area contributed by atoms with Gasteiger partial charge in [-0.15, -0.1) is 0 Å². The van der Waals surface area contributed by atoms with Crippen molar-refractivity contribution >= 4 is 66.7 Å². The first-order chi connectivity index (χ1) is 6.50. The summed E-state index contributed by atoms with van der Waals surface area (Å²) in [5.41, 5.74) is 0.629. The molecule has 1 rings (SSSR count). The molecule has 0 atom stereocenters. The smallest absolute Gasteiger partial charge is 0.257 e. The summed E-state index contributed by atoms with van der Waals surface area (Å²) in [5, 5.41) is 2.57. The maximum Gasteiger partial charge on any atom is 0.257 e. The van der Waals surface area contributed by atoms with E-state index in [0.29, 0.717) is 5.69 Å². The Labute approximate surface area is 108 Å². The van der Waals surface area contributed by atoms with Crippen molar-refractivity contribution in [1.29, 1.82) is 0 Å². The van der Waals surface area contributed by atoms with E-state index in [2.05, 4.69) is 37.2 Å².